The monoisotopic (exact) mass is 574 g/mol. The van der Waals surface area contributed by atoms with Gasteiger partial charge in [-0.2, -0.15) is 11.8 Å². The van der Waals surface area contributed by atoms with Crippen LogP contribution in [0.25, 0.3) is 0 Å². The molecular formula is C30H46N4O5S. The van der Waals surface area contributed by atoms with E-state index in [1.165, 1.54) is 5.56 Å². The standard InChI is InChI=1S/C20H31N3O3S.C9H12O.CH3NO/c1-15-12-22(13-16-6-8-17(26-4)9-7-16)20(25)18(10-11-27-5)23(15)19(24)14-21(2)3;1-3-8-4-6-9(10-2)7-5-8;2-1-3/h6-9,15,18H,10-14H2,1-5H3;4-7H,3H2,1-2H3;1H,(H2,2,3)/t15?,18-;;/m0../s1. The number of hydrogen-bond donors (Lipinski definition) is 1. The third kappa shape index (κ3) is 11.5. The van der Waals surface area contributed by atoms with Gasteiger partial charge < -0.3 is 29.9 Å². The summed E-state index contributed by atoms with van der Waals surface area (Å²) in [7, 11) is 7.07. The Bertz CT molecular complexity index is 995. The highest BCUT2D eigenvalue weighted by Crippen LogP contribution is 2.24. The van der Waals surface area contributed by atoms with Crippen molar-refractivity contribution in [2.75, 3.05) is 53.4 Å². The van der Waals surface area contributed by atoms with Gasteiger partial charge in [-0.25, -0.2) is 0 Å². The van der Waals surface area contributed by atoms with Crippen molar-refractivity contribution < 1.29 is 23.9 Å². The molecule has 1 unspecified atom stereocenters. The molecule has 1 aliphatic heterocycles. The first-order valence-electron chi connectivity index (χ1n) is 13.3. The number of likely N-dealkylation sites (N-methyl/N-ethyl adjacent to an activating group) is 1. The minimum Gasteiger partial charge on any atom is -0.497 e. The number of thioether (sulfide) groups is 1. The highest BCUT2D eigenvalue weighted by molar-refractivity contribution is 7.98. The number of ether oxygens (including phenoxy) is 2. The van der Waals surface area contributed by atoms with Crippen molar-refractivity contribution in [3.05, 3.63) is 59.7 Å². The number of methoxy groups -OCH3 is 2. The summed E-state index contributed by atoms with van der Waals surface area (Å²) in [5.41, 5.74) is 6.58. The van der Waals surface area contributed by atoms with E-state index >= 15 is 0 Å². The Kier molecular flexibility index (Phi) is 16.5. The molecule has 0 saturated carbocycles. The largest absolute Gasteiger partial charge is 0.497 e. The highest BCUT2D eigenvalue weighted by Gasteiger charge is 2.40. The normalized spacial score (nSPS) is 16.4. The summed E-state index contributed by atoms with van der Waals surface area (Å²) in [5, 5.41) is 0. The Balaban J connectivity index is 0.000000508. The molecule has 40 heavy (non-hydrogen) atoms. The van der Waals surface area contributed by atoms with Crippen LogP contribution in [0, 0.1) is 0 Å². The molecule has 10 heteroatoms. The van der Waals surface area contributed by atoms with Gasteiger partial charge in [-0.05, 0) is 81.3 Å². The van der Waals surface area contributed by atoms with Crippen LogP contribution in [-0.4, -0.2) is 98.4 Å². The lowest BCUT2D eigenvalue weighted by Crippen LogP contribution is -2.63. The molecule has 0 spiro atoms. The minimum absolute atomic E-state index is 0.000236. The highest BCUT2D eigenvalue weighted by atomic mass is 32.2. The van der Waals surface area contributed by atoms with Gasteiger partial charge in [0.25, 0.3) is 0 Å². The third-order valence-electron chi connectivity index (χ3n) is 6.33. The molecule has 1 saturated heterocycles. The summed E-state index contributed by atoms with van der Waals surface area (Å²) in [4.78, 5) is 40.1. The Morgan fingerprint density at radius 2 is 1.55 bits per heavy atom. The molecule has 0 aromatic heterocycles. The summed E-state index contributed by atoms with van der Waals surface area (Å²) < 4.78 is 10.2. The summed E-state index contributed by atoms with van der Waals surface area (Å²) in [5.74, 6) is 2.65. The quantitative estimate of drug-likeness (QED) is 0.434. The van der Waals surface area contributed by atoms with Crippen molar-refractivity contribution in [2.24, 2.45) is 5.73 Å². The number of nitrogens with two attached hydrogens (primary N) is 1. The average molecular weight is 575 g/mol. The molecule has 222 valence electrons. The van der Waals surface area contributed by atoms with Gasteiger partial charge in [-0.15, -0.1) is 0 Å². The van der Waals surface area contributed by atoms with Crippen LogP contribution in [0.5, 0.6) is 11.5 Å². The van der Waals surface area contributed by atoms with Crippen molar-refractivity contribution in [2.45, 2.75) is 45.3 Å². The zero-order valence-electron chi connectivity index (χ0n) is 25.0. The van der Waals surface area contributed by atoms with Crippen molar-refractivity contribution in [3.8, 4) is 11.5 Å². The number of amides is 3. The Morgan fingerprint density at radius 1 is 1.05 bits per heavy atom. The summed E-state index contributed by atoms with van der Waals surface area (Å²) in [6, 6.07) is 15.5. The van der Waals surface area contributed by atoms with E-state index in [4.69, 9.17) is 14.3 Å². The van der Waals surface area contributed by atoms with E-state index < -0.39 is 0 Å². The molecule has 0 radical (unpaired) electrons. The lowest BCUT2D eigenvalue weighted by Gasteiger charge is -2.45. The predicted molar refractivity (Wildman–Crippen MR) is 163 cm³/mol. The molecule has 0 aliphatic carbocycles. The number of carbonyl (C=O) groups is 3. The van der Waals surface area contributed by atoms with Gasteiger partial charge in [0.2, 0.25) is 18.2 Å². The fraction of sp³-hybridized carbons (Fsp3) is 0.500. The Morgan fingerprint density at radius 3 is 1.98 bits per heavy atom. The van der Waals surface area contributed by atoms with Crippen molar-refractivity contribution in [1.29, 1.82) is 0 Å². The van der Waals surface area contributed by atoms with E-state index in [0.717, 1.165) is 29.2 Å². The molecule has 1 fully saturated rings. The first-order chi connectivity index (χ1) is 19.1. The second-order valence-electron chi connectivity index (χ2n) is 9.59. The maximum absolute atomic E-state index is 13.2. The Hall–Kier alpha value is -3.24. The van der Waals surface area contributed by atoms with Crippen molar-refractivity contribution in [1.82, 2.24) is 14.7 Å². The van der Waals surface area contributed by atoms with E-state index in [2.05, 4.69) is 24.8 Å². The zero-order valence-corrected chi connectivity index (χ0v) is 25.8. The van der Waals surface area contributed by atoms with Gasteiger partial charge in [0.1, 0.15) is 17.5 Å². The van der Waals surface area contributed by atoms with E-state index in [0.29, 0.717) is 26.1 Å². The molecule has 9 nitrogen and oxygen atoms in total. The Labute approximate surface area is 244 Å². The number of benzene rings is 2. The number of hydrogen-bond acceptors (Lipinski definition) is 7. The molecule has 2 atom stereocenters. The maximum atomic E-state index is 13.2. The molecule has 3 rings (SSSR count). The number of primary amides is 1. The molecule has 3 amide bonds. The van der Waals surface area contributed by atoms with E-state index in [-0.39, 0.29) is 30.3 Å². The molecule has 2 N–H and O–H groups in total. The van der Waals surface area contributed by atoms with E-state index in [1.807, 2.05) is 78.4 Å². The lowest BCUT2D eigenvalue weighted by atomic mass is 10.0. The van der Waals surface area contributed by atoms with E-state index in [9.17, 15) is 9.59 Å². The van der Waals surface area contributed by atoms with Crippen LogP contribution in [0.3, 0.4) is 0 Å². The average Bonchev–Trinajstić information content (AvgIpc) is 2.94. The third-order valence-corrected chi connectivity index (χ3v) is 6.97. The van der Waals surface area contributed by atoms with Crippen LogP contribution >= 0.6 is 11.8 Å². The number of piperazine rings is 1. The van der Waals surface area contributed by atoms with Crippen molar-refractivity contribution in [3.63, 3.8) is 0 Å². The number of aryl methyl sites for hydroxylation is 1. The van der Waals surface area contributed by atoms with Gasteiger partial charge in [-0.1, -0.05) is 31.2 Å². The van der Waals surface area contributed by atoms with Crippen LogP contribution in [0.4, 0.5) is 0 Å². The van der Waals surface area contributed by atoms with Gasteiger partial charge in [0.15, 0.2) is 0 Å². The lowest BCUT2D eigenvalue weighted by molar-refractivity contribution is -0.156. The summed E-state index contributed by atoms with van der Waals surface area (Å²) in [6.45, 7) is 5.61. The number of nitrogens with zero attached hydrogens (tertiary/aromatic N) is 3. The predicted octanol–water partition coefficient (Wildman–Crippen LogP) is 3.30. The first kappa shape index (κ1) is 34.8. The molecular weight excluding hydrogens is 528 g/mol. The fourth-order valence-corrected chi connectivity index (χ4v) is 4.81. The topological polar surface area (TPSA) is 105 Å². The van der Waals surface area contributed by atoms with Gasteiger partial charge in [0.05, 0.1) is 20.8 Å². The molecule has 1 aliphatic rings. The van der Waals surface area contributed by atoms with E-state index in [1.54, 1.807) is 26.0 Å². The fourth-order valence-electron chi connectivity index (χ4n) is 4.35. The summed E-state index contributed by atoms with van der Waals surface area (Å²) >= 11 is 1.70. The smallest absolute Gasteiger partial charge is 0.245 e. The molecule has 1 heterocycles. The number of carbonyl (C=O) groups excluding carboxylic acids is 3. The first-order valence-corrected chi connectivity index (χ1v) is 14.7. The molecule has 2 aromatic rings. The zero-order chi connectivity index (χ0) is 30.1. The number of rotatable bonds is 10. The SMILES string of the molecule is CCc1ccc(OC)cc1.COc1ccc(CN2CC(C)N(C(=O)CN(C)C)[C@@H](CCSC)C2=O)cc1.NC=O. The molecule has 2 aromatic carbocycles. The minimum atomic E-state index is -0.383. The van der Waals surface area contributed by atoms with Gasteiger partial charge in [-0.3, -0.25) is 14.4 Å². The van der Waals surface area contributed by atoms with Crippen LogP contribution in [-0.2, 0) is 27.3 Å². The summed E-state index contributed by atoms with van der Waals surface area (Å²) in [6.07, 6.45) is 4.05. The molecule has 0 bridgehead atoms. The second-order valence-corrected chi connectivity index (χ2v) is 10.6. The maximum Gasteiger partial charge on any atom is 0.245 e. The van der Waals surface area contributed by atoms with Crippen LogP contribution in [0.1, 0.15) is 31.4 Å². The van der Waals surface area contributed by atoms with Crippen LogP contribution in [0.15, 0.2) is 48.5 Å². The van der Waals surface area contributed by atoms with Crippen LogP contribution < -0.4 is 15.2 Å². The van der Waals surface area contributed by atoms with Crippen LogP contribution in [0.2, 0.25) is 0 Å². The van der Waals surface area contributed by atoms with Crippen molar-refractivity contribution >= 4 is 30.0 Å². The second kappa shape index (κ2) is 18.9. The van der Waals surface area contributed by atoms with Gasteiger partial charge in [0, 0.05) is 19.1 Å². The van der Waals surface area contributed by atoms with Gasteiger partial charge >= 0.3 is 0 Å².